The summed E-state index contributed by atoms with van der Waals surface area (Å²) in [7, 11) is 1.73. The molecular formula is C12H12F3N3. The van der Waals surface area contributed by atoms with Crippen molar-refractivity contribution in [2.45, 2.75) is 13.1 Å². The highest BCUT2D eigenvalue weighted by atomic mass is 19.4. The van der Waals surface area contributed by atoms with E-state index in [9.17, 15) is 13.2 Å². The van der Waals surface area contributed by atoms with Crippen LogP contribution in [-0.2, 0) is 13.2 Å². The molecule has 96 valence electrons. The number of benzene rings is 1. The summed E-state index contributed by atoms with van der Waals surface area (Å²) in [6.07, 6.45) is -2.87. The summed E-state index contributed by atoms with van der Waals surface area (Å²) in [5.74, 6) is 0. The number of alkyl halides is 3. The van der Waals surface area contributed by atoms with E-state index >= 15 is 0 Å². The van der Waals surface area contributed by atoms with Gasteiger partial charge in [-0.2, -0.15) is 18.3 Å². The number of aryl methyl sites for hydroxylation is 1. The van der Waals surface area contributed by atoms with Crippen LogP contribution in [0.3, 0.4) is 0 Å². The average Bonchev–Trinajstić information content (AvgIpc) is 2.58. The van der Waals surface area contributed by atoms with Crippen LogP contribution in [0, 0.1) is 6.92 Å². The molecule has 2 rings (SSSR count). The zero-order valence-electron chi connectivity index (χ0n) is 9.92. The van der Waals surface area contributed by atoms with Crippen LogP contribution in [0.1, 0.15) is 11.3 Å². The lowest BCUT2D eigenvalue weighted by Gasteiger charge is -2.10. The molecule has 1 aromatic heterocycles. The van der Waals surface area contributed by atoms with Crippen molar-refractivity contribution in [1.29, 1.82) is 0 Å². The molecule has 0 atom stereocenters. The minimum atomic E-state index is -4.40. The molecule has 0 spiro atoms. The van der Waals surface area contributed by atoms with Crippen molar-refractivity contribution in [2.75, 3.05) is 5.73 Å². The first kappa shape index (κ1) is 12.5. The van der Waals surface area contributed by atoms with Crippen LogP contribution >= 0.6 is 0 Å². The molecule has 0 aliphatic rings. The van der Waals surface area contributed by atoms with Crippen LogP contribution in [0.2, 0.25) is 0 Å². The van der Waals surface area contributed by atoms with Gasteiger partial charge in [-0.1, -0.05) is 0 Å². The Balaban J connectivity index is 2.59. The second kappa shape index (κ2) is 4.04. The maximum atomic E-state index is 12.7. The highest BCUT2D eigenvalue weighted by Crippen LogP contribution is 2.34. The summed E-state index contributed by atoms with van der Waals surface area (Å²) >= 11 is 0. The van der Waals surface area contributed by atoms with Crippen molar-refractivity contribution in [1.82, 2.24) is 9.78 Å². The van der Waals surface area contributed by atoms with Gasteiger partial charge in [0.15, 0.2) is 0 Å². The molecule has 2 N–H and O–H groups in total. The van der Waals surface area contributed by atoms with Crippen LogP contribution in [0.4, 0.5) is 18.9 Å². The maximum absolute atomic E-state index is 12.7. The Kier molecular flexibility index (Phi) is 2.80. The number of nitrogens with two attached hydrogens (primary N) is 1. The Morgan fingerprint density at radius 2 is 1.89 bits per heavy atom. The number of halogens is 3. The number of nitrogen functional groups attached to an aromatic ring is 1. The fourth-order valence-corrected chi connectivity index (χ4v) is 1.75. The van der Waals surface area contributed by atoms with E-state index in [1.807, 2.05) is 0 Å². The maximum Gasteiger partial charge on any atom is 0.416 e. The minimum Gasteiger partial charge on any atom is -0.399 e. The molecular weight excluding hydrogens is 243 g/mol. The zero-order chi connectivity index (χ0) is 13.5. The van der Waals surface area contributed by atoms with Gasteiger partial charge in [0.05, 0.1) is 11.8 Å². The first-order valence-corrected chi connectivity index (χ1v) is 5.26. The van der Waals surface area contributed by atoms with Crippen molar-refractivity contribution in [3.05, 3.63) is 35.7 Å². The van der Waals surface area contributed by atoms with Crippen LogP contribution in [0.15, 0.2) is 24.4 Å². The fourth-order valence-electron chi connectivity index (χ4n) is 1.75. The Hall–Kier alpha value is -1.98. The van der Waals surface area contributed by atoms with Crippen LogP contribution in [0.5, 0.6) is 0 Å². The highest BCUT2D eigenvalue weighted by molar-refractivity contribution is 5.70. The Bertz CT molecular complexity index is 585. The number of aromatic nitrogens is 2. The SMILES string of the molecule is Cc1c(-c2cc(N)cc(C(F)(F)F)c2)cnn1C. The predicted molar refractivity (Wildman–Crippen MR) is 62.8 cm³/mol. The second-order valence-electron chi connectivity index (χ2n) is 4.11. The third kappa shape index (κ3) is 2.18. The van der Waals surface area contributed by atoms with Crippen LogP contribution in [0.25, 0.3) is 11.1 Å². The molecule has 1 aromatic carbocycles. The van der Waals surface area contributed by atoms with E-state index in [2.05, 4.69) is 5.10 Å². The van der Waals surface area contributed by atoms with Crippen molar-refractivity contribution < 1.29 is 13.2 Å². The van der Waals surface area contributed by atoms with Gasteiger partial charge in [-0.25, -0.2) is 0 Å². The summed E-state index contributed by atoms with van der Waals surface area (Å²) in [6, 6.07) is 3.52. The summed E-state index contributed by atoms with van der Waals surface area (Å²) in [5.41, 5.74) is 6.72. The van der Waals surface area contributed by atoms with Gasteiger partial charge in [-0.05, 0) is 30.7 Å². The standard InChI is InChI=1S/C12H12F3N3/c1-7-11(6-17-18(7)2)8-3-9(12(13,14)15)5-10(16)4-8/h3-6H,16H2,1-2H3. The first-order valence-electron chi connectivity index (χ1n) is 5.26. The average molecular weight is 255 g/mol. The largest absolute Gasteiger partial charge is 0.416 e. The van der Waals surface area contributed by atoms with Crippen molar-refractivity contribution >= 4 is 5.69 Å². The van der Waals surface area contributed by atoms with E-state index < -0.39 is 11.7 Å². The third-order valence-electron chi connectivity index (χ3n) is 2.83. The Labute approximate surface area is 102 Å². The molecule has 0 saturated carbocycles. The quantitative estimate of drug-likeness (QED) is 0.796. The van der Waals surface area contributed by atoms with Gasteiger partial charge in [0, 0.05) is 24.0 Å². The topological polar surface area (TPSA) is 43.8 Å². The van der Waals surface area contributed by atoms with Gasteiger partial charge < -0.3 is 5.73 Å². The number of anilines is 1. The number of nitrogens with zero attached hydrogens (tertiary/aromatic N) is 2. The van der Waals surface area contributed by atoms with E-state index in [1.165, 1.54) is 12.3 Å². The molecule has 0 fully saturated rings. The lowest BCUT2D eigenvalue weighted by atomic mass is 10.0. The molecule has 0 radical (unpaired) electrons. The molecule has 0 saturated heterocycles. The summed E-state index contributed by atoms with van der Waals surface area (Å²) in [5, 5.41) is 4.01. The molecule has 6 heteroatoms. The van der Waals surface area contributed by atoms with Crippen LogP contribution in [-0.4, -0.2) is 9.78 Å². The first-order chi connectivity index (χ1) is 8.29. The summed E-state index contributed by atoms with van der Waals surface area (Å²) in [4.78, 5) is 0. The lowest BCUT2D eigenvalue weighted by molar-refractivity contribution is -0.137. The van der Waals surface area contributed by atoms with E-state index in [-0.39, 0.29) is 5.69 Å². The van der Waals surface area contributed by atoms with Gasteiger partial charge in [-0.3, -0.25) is 4.68 Å². The van der Waals surface area contributed by atoms with Gasteiger partial charge in [-0.15, -0.1) is 0 Å². The van der Waals surface area contributed by atoms with E-state index in [1.54, 1.807) is 18.7 Å². The molecule has 18 heavy (non-hydrogen) atoms. The highest BCUT2D eigenvalue weighted by Gasteiger charge is 2.31. The van der Waals surface area contributed by atoms with Gasteiger partial charge in [0.25, 0.3) is 0 Å². The number of rotatable bonds is 1. The normalized spacial score (nSPS) is 11.8. The number of hydrogen-bond acceptors (Lipinski definition) is 2. The molecule has 1 heterocycles. The smallest absolute Gasteiger partial charge is 0.399 e. The van der Waals surface area contributed by atoms with E-state index in [0.29, 0.717) is 11.1 Å². The third-order valence-corrected chi connectivity index (χ3v) is 2.83. The van der Waals surface area contributed by atoms with E-state index in [4.69, 9.17) is 5.73 Å². The molecule has 0 unspecified atom stereocenters. The van der Waals surface area contributed by atoms with Crippen molar-refractivity contribution in [3.8, 4) is 11.1 Å². The zero-order valence-corrected chi connectivity index (χ0v) is 9.92. The molecule has 0 aliphatic heterocycles. The predicted octanol–water partition coefficient (Wildman–Crippen LogP) is 3.00. The van der Waals surface area contributed by atoms with E-state index in [0.717, 1.165) is 17.8 Å². The lowest BCUT2D eigenvalue weighted by Crippen LogP contribution is -2.06. The fraction of sp³-hybridized carbons (Fsp3) is 0.250. The van der Waals surface area contributed by atoms with Gasteiger partial charge in [0.1, 0.15) is 0 Å². The molecule has 2 aromatic rings. The monoisotopic (exact) mass is 255 g/mol. The second-order valence-corrected chi connectivity index (χ2v) is 4.11. The molecule has 3 nitrogen and oxygen atoms in total. The van der Waals surface area contributed by atoms with Gasteiger partial charge in [0.2, 0.25) is 0 Å². The Morgan fingerprint density at radius 1 is 1.22 bits per heavy atom. The van der Waals surface area contributed by atoms with Crippen molar-refractivity contribution in [2.24, 2.45) is 7.05 Å². The van der Waals surface area contributed by atoms with Crippen LogP contribution < -0.4 is 5.73 Å². The minimum absolute atomic E-state index is 0.0862. The van der Waals surface area contributed by atoms with Gasteiger partial charge >= 0.3 is 6.18 Å². The Morgan fingerprint density at radius 3 is 2.39 bits per heavy atom. The molecule has 0 amide bonds. The summed E-state index contributed by atoms with van der Waals surface area (Å²) < 4.78 is 39.7. The number of hydrogen-bond donors (Lipinski definition) is 1. The van der Waals surface area contributed by atoms with Crippen molar-refractivity contribution in [3.63, 3.8) is 0 Å². The molecule has 0 aliphatic carbocycles. The molecule has 0 bridgehead atoms. The summed E-state index contributed by atoms with van der Waals surface area (Å²) in [6.45, 7) is 1.79.